The third kappa shape index (κ3) is 2.03. The Morgan fingerprint density at radius 1 is 1.17 bits per heavy atom. The Hall–Kier alpha value is -1.03. The molecule has 0 heterocycles. The minimum absolute atomic E-state index is 0.261. The molecule has 1 aromatic carbocycles. The molecule has 2 N–H and O–H groups in total. The summed E-state index contributed by atoms with van der Waals surface area (Å²) in [6.45, 7) is 5.25. The van der Waals surface area contributed by atoms with Crippen LogP contribution in [-0.2, 0) is 11.6 Å². The molecular formula is C14H18F3N. The van der Waals surface area contributed by atoms with Crippen LogP contribution in [0.2, 0.25) is 0 Å². The number of benzene rings is 1. The average molecular weight is 257 g/mol. The van der Waals surface area contributed by atoms with Crippen LogP contribution in [0.25, 0.3) is 0 Å². The predicted molar refractivity (Wildman–Crippen MR) is 65.4 cm³/mol. The molecule has 0 radical (unpaired) electrons. The molecule has 100 valence electrons. The standard InChI is InChI=1S/C14H18F3N/c1-9-4-5-10(8-11(9)14(15,16)17)13(6-7-13)12(2,3)18/h4-5,8H,6-7,18H2,1-3H3. The van der Waals surface area contributed by atoms with Gasteiger partial charge in [-0.2, -0.15) is 13.2 Å². The number of halogens is 3. The van der Waals surface area contributed by atoms with Gasteiger partial charge in [0.2, 0.25) is 0 Å². The maximum atomic E-state index is 12.9. The largest absolute Gasteiger partial charge is 0.416 e. The van der Waals surface area contributed by atoms with Gasteiger partial charge in [-0.1, -0.05) is 12.1 Å². The molecule has 1 aliphatic rings. The normalized spacial score (nSPS) is 18.8. The Balaban J connectivity index is 2.50. The first kappa shape index (κ1) is 13.4. The summed E-state index contributed by atoms with van der Waals surface area (Å²) < 4.78 is 38.7. The number of aryl methyl sites for hydroxylation is 1. The molecule has 1 fully saturated rings. The van der Waals surface area contributed by atoms with Crippen LogP contribution in [0.5, 0.6) is 0 Å². The van der Waals surface area contributed by atoms with Gasteiger partial charge >= 0.3 is 6.18 Å². The van der Waals surface area contributed by atoms with Crippen molar-refractivity contribution in [3.63, 3.8) is 0 Å². The van der Waals surface area contributed by atoms with E-state index >= 15 is 0 Å². The smallest absolute Gasteiger partial charge is 0.325 e. The summed E-state index contributed by atoms with van der Waals surface area (Å²) in [5.41, 5.74) is 5.77. The molecule has 0 bridgehead atoms. The fourth-order valence-electron chi connectivity index (χ4n) is 2.66. The van der Waals surface area contributed by atoms with Gasteiger partial charge in [0.25, 0.3) is 0 Å². The summed E-state index contributed by atoms with van der Waals surface area (Å²) in [5, 5.41) is 0. The molecular weight excluding hydrogens is 239 g/mol. The molecule has 1 saturated carbocycles. The van der Waals surface area contributed by atoms with Crippen LogP contribution in [0.4, 0.5) is 13.2 Å². The first-order valence-electron chi connectivity index (χ1n) is 6.05. The van der Waals surface area contributed by atoms with Crippen LogP contribution >= 0.6 is 0 Å². The summed E-state index contributed by atoms with van der Waals surface area (Å²) in [6.07, 6.45) is -2.58. The van der Waals surface area contributed by atoms with E-state index in [9.17, 15) is 13.2 Å². The highest BCUT2D eigenvalue weighted by atomic mass is 19.4. The second-order valence-corrected chi connectivity index (χ2v) is 5.83. The van der Waals surface area contributed by atoms with E-state index in [2.05, 4.69) is 0 Å². The van der Waals surface area contributed by atoms with Crippen molar-refractivity contribution in [2.24, 2.45) is 5.73 Å². The fourth-order valence-corrected chi connectivity index (χ4v) is 2.66. The number of hydrogen-bond donors (Lipinski definition) is 1. The Bertz CT molecular complexity index is 465. The Morgan fingerprint density at radius 3 is 2.11 bits per heavy atom. The molecule has 0 unspecified atom stereocenters. The Morgan fingerprint density at radius 2 is 1.72 bits per heavy atom. The number of rotatable bonds is 2. The van der Waals surface area contributed by atoms with Gasteiger partial charge < -0.3 is 5.73 Å². The van der Waals surface area contributed by atoms with Gasteiger partial charge in [-0.15, -0.1) is 0 Å². The maximum absolute atomic E-state index is 12.9. The molecule has 0 aliphatic heterocycles. The highest BCUT2D eigenvalue weighted by molar-refractivity contribution is 5.42. The number of alkyl halides is 3. The quantitative estimate of drug-likeness (QED) is 0.857. The van der Waals surface area contributed by atoms with Crippen LogP contribution in [0, 0.1) is 6.92 Å². The SMILES string of the molecule is Cc1ccc(C2(C(C)(C)N)CC2)cc1C(F)(F)F. The van der Waals surface area contributed by atoms with Crippen molar-refractivity contribution < 1.29 is 13.2 Å². The van der Waals surface area contributed by atoms with Crippen molar-refractivity contribution in [1.82, 2.24) is 0 Å². The van der Waals surface area contributed by atoms with Crippen molar-refractivity contribution in [3.8, 4) is 0 Å². The van der Waals surface area contributed by atoms with E-state index in [4.69, 9.17) is 5.73 Å². The van der Waals surface area contributed by atoms with Gasteiger partial charge in [-0.25, -0.2) is 0 Å². The lowest BCUT2D eigenvalue weighted by molar-refractivity contribution is -0.138. The summed E-state index contributed by atoms with van der Waals surface area (Å²) >= 11 is 0. The lowest BCUT2D eigenvalue weighted by Crippen LogP contribution is -2.45. The zero-order valence-corrected chi connectivity index (χ0v) is 10.9. The lowest BCUT2D eigenvalue weighted by Gasteiger charge is -2.32. The third-order valence-electron chi connectivity index (χ3n) is 4.08. The first-order valence-corrected chi connectivity index (χ1v) is 6.05. The molecule has 1 nitrogen and oxygen atoms in total. The lowest BCUT2D eigenvalue weighted by atomic mass is 9.78. The van der Waals surface area contributed by atoms with Gasteiger partial charge in [0.05, 0.1) is 5.56 Å². The van der Waals surface area contributed by atoms with Crippen molar-refractivity contribution in [2.75, 3.05) is 0 Å². The summed E-state index contributed by atoms with van der Waals surface area (Å²) in [7, 11) is 0. The van der Waals surface area contributed by atoms with Crippen LogP contribution in [-0.4, -0.2) is 5.54 Å². The summed E-state index contributed by atoms with van der Waals surface area (Å²) in [5.74, 6) is 0. The third-order valence-corrected chi connectivity index (χ3v) is 4.08. The molecule has 0 aromatic heterocycles. The fraction of sp³-hybridized carbons (Fsp3) is 0.571. The van der Waals surface area contributed by atoms with Gasteiger partial charge in [0.1, 0.15) is 0 Å². The van der Waals surface area contributed by atoms with Gasteiger partial charge in [-0.05, 0) is 50.8 Å². The van der Waals surface area contributed by atoms with Crippen LogP contribution < -0.4 is 5.73 Å². The monoisotopic (exact) mass is 257 g/mol. The Labute approximate surface area is 105 Å². The molecule has 18 heavy (non-hydrogen) atoms. The van der Waals surface area contributed by atoms with Gasteiger partial charge in [0, 0.05) is 11.0 Å². The van der Waals surface area contributed by atoms with E-state index in [0.29, 0.717) is 5.56 Å². The van der Waals surface area contributed by atoms with Crippen molar-refractivity contribution >= 4 is 0 Å². The van der Waals surface area contributed by atoms with E-state index in [0.717, 1.165) is 12.8 Å². The molecule has 4 heteroatoms. The highest BCUT2D eigenvalue weighted by Gasteiger charge is 2.54. The second-order valence-electron chi connectivity index (χ2n) is 5.83. The Kier molecular flexibility index (Phi) is 2.78. The predicted octanol–water partition coefficient (Wildman–Crippen LogP) is 3.78. The minimum Gasteiger partial charge on any atom is -0.325 e. The molecule has 2 rings (SSSR count). The van der Waals surface area contributed by atoms with Crippen molar-refractivity contribution in [1.29, 1.82) is 0 Å². The van der Waals surface area contributed by atoms with Gasteiger partial charge in [0.15, 0.2) is 0 Å². The van der Waals surface area contributed by atoms with Gasteiger partial charge in [-0.3, -0.25) is 0 Å². The second kappa shape index (κ2) is 3.73. The maximum Gasteiger partial charge on any atom is 0.416 e. The van der Waals surface area contributed by atoms with Crippen molar-refractivity contribution in [3.05, 3.63) is 34.9 Å². The molecule has 0 amide bonds. The molecule has 0 saturated heterocycles. The molecule has 1 aromatic rings. The highest BCUT2D eigenvalue weighted by Crippen LogP contribution is 2.55. The van der Waals surface area contributed by atoms with Crippen LogP contribution in [0.1, 0.15) is 43.4 Å². The summed E-state index contributed by atoms with van der Waals surface area (Å²) in [4.78, 5) is 0. The number of hydrogen-bond acceptors (Lipinski definition) is 1. The minimum atomic E-state index is -4.30. The van der Waals surface area contributed by atoms with Crippen LogP contribution in [0.15, 0.2) is 18.2 Å². The van der Waals surface area contributed by atoms with E-state index in [-0.39, 0.29) is 11.0 Å². The summed E-state index contributed by atoms with van der Waals surface area (Å²) in [6, 6.07) is 4.60. The zero-order chi connectivity index (χ0) is 13.8. The number of nitrogens with two attached hydrogens (primary N) is 1. The van der Waals surface area contributed by atoms with E-state index in [1.54, 1.807) is 12.1 Å². The molecule has 1 aliphatic carbocycles. The van der Waals surface area contributed by atoms with E-state index in [1.165, 1.54) is 13.0 Å². The molecule has 0 spiro atoms. The molecule has 0 atom stereocenters. The first-order chi connectivity index (χ1) is 8.08. The zero-order valence-electron chi connectivity index (χ0n) is 10.9. The topological polar surface area (TPSA) is 26.0 Å². The van der Waals surface area contributed by atoms with E-state index in [1.807, 2.05) is 13.8 Å². The van der Waals surface area contributed by atoms with E-state index < -0.39 is 17.3 Å². The van der Waals surface area contributed by atoms with Crippen LogP contribution in [0.3, 0.4) is 0 Å². The average Bonchev–Trinajstić information content (AvgIpc) is 2.96. The van der Waals surface area contributed by atoms with Crippen molar-refractivity contribution in [2.45, 2.75) is 50.7 Å².